The summed E-state index contributed by atoms with van der Waals surface area (Å²) in [6, 6.07) is 57.0. The number of hydrogen-bond acceptors (Lipinski definition) is 0. The number of rotatable bonds is 11. The van der Waals surface area contributed by atoms with E-state index in [1.54, 1.807) is 22.7 Å². The molecule has 0 N–H and O–H groups in total. The molecule has 0 saturated carbocycles. The SMILES string of the molecule is [C-]#[O+].[C-]#[O+].[C-]#[O+].[Mo+3].c1ccc([PH+](CC[AsH](c2ccccc2)c2ccccc2)CC[AsH](c2ccccc2)c2ccccc2)cc1. The summed E-state index contributed by atoms with van der Waals surface area (Å²) >= 11 is -3.20. The van der Waals surface area contributed by atoms with Gasteiger partial charge in [-0.2, -0.15) is 0 Å². The summed E-state index contributed by atoms with van der Waals surface area (Å²) in [5, 5.41) is 4.34. The molecular formula is C37H36As2MoO3P+4. The second-order valence-electron chi connectivity index (χ2n) is 9.39. The van der Waals surface area contributed by atoms with Gasteiger partial charge in [0.1, 0.15) is 0 Å². The van der Waals surface area contributed by atoms with Crippen LogP contribution in [0.1, 0.15) is 0 Å². The molecule has 0 aromatic heterocycles. The molecule has 0 fully saturated rings. The van der Waals surface area contributed by atoms with E-state index in [0.29, 0.717) is 0 Å². The Kier molecular flexibility index (Phi) is 22.3. The van der Waals surface area contributed by atoms with E-state index in [1.165, 1.54) is 22.7 Å². The Morgan fingerprint density at radius 3 is 0.864 bits per heavy atom. The van der Waals surface area contributed by atoms with E-state index in [9.17, 15) is 0 Å². The van der Waals surface area contributed by atoms with E-state index >= 15 is 0 Å². The molecule has 44 heavy (non-hydrogen) atoms. The van der Waals surface area contributed by atoms with E-state index in [1.807, 2.05) is 0 Å². The summed E-state index contributed by atoms with van der Waals surface area (Å²) in [4.78, 5) is 0. The Morgan fingerprint density at radius 1 is 0.386 bits per heavy atom. The van der Waals surface area contributed by atoms with Crippen LogP contribution in [0.5, 0.6) is 0 Å². The summed E-state index contributed by atoms with van der Waals surface area (Å²) in [5.41, 5.74) is 0. The van der Waals surface area contributed by atoms with Crippen molar-refractivity contribution in [3.8, 4) is 0 Å². The molecule has 0 heterocycles. The normalized spacial score (nSPS) is 9.66. The molecule has 0 bridgehead atoms. The minimum absolute atomic E-state index is 0. The monoisotopic (exact) mass is 807 g/mol. The van der Waals surface area contributed by atoms with Crippen LogP contribution in [0, 0.1) is 20.0 Å². The molecule has 0 unspecified atom stereocenters. The first-order valence-corrected chi connectivity index (χ1v) is 22.9. The minimum atomic E-state index is -1.60. The third kappa shape index (κ3) is 12.9. The van der Waals surface area contributed by atoms with Crippen LogP contribution < -0.4 is 22.7 Å². The van der Waals surface area contributed by atoms with Crippen molar-refractivity contribution >= 4 is 59.9 Å². The van der Waals surface area contributed by atoms with E-state index in [0.717, 1.165) is 0 Å². The fourth-order valence-corrected chi connectivity index (χ4v) is 23.5. The van der Waals surface area contributed by atoms with Gasteiger partial charge in [-0.3, -0.25) is 0 Å². The topological polar surface area (TPSA) is 59.7 Å². The van der Waals surface area contributed by atoms with Gasteiger partial charge < -0.3 is 0 Å². The molecule has 3 nitrogen and oxygen atoms in total. The molecule has 0 spiro atoms. The van der Waals surface area contributed by atoms with Crippen LogP contribution >= 0.6 is 7.92 Å². The third-order valence-electron chi connectivity index (χ3n) is 7.02. The van der Waals surface area contributed by atoms with Crippen LogP contribution in [0.2, 0.25) is 10.4 Å². The van der Waals surface area contributed by atoms with E-state index in [-0.39, 0.29) is 21.1 Å². The van der Waals surface area contributed by atoms with Gasteiger partial charge >= 0.3 is 289 Å². The maximum absolute atomic E-state index is 7.50. The summed E-state index contributed by atoms with van der Waals surface area (Å²) in [7, 11) is -0.657. The second kappa shape index (κ2) is 24.8. The Morgan fingerprint density at radius 2 is 0.614 bits per heavy atom. The van der Waals surface area contributed by atoms with Crippen LogP contribution in [0.25, 0.3) is 0 Å². The van der Waals surface area contributed by atoms with Gasteiger partial charge in [0.05, 0.1) is 0 Å². The Hall–Kier alpha value is -2.44. The van der Waals surface area contributed by atoms with Crippen LogP contribution in [-0.4, -0.2) is 41.6 Å². The number of hydrogen-bond donors (Lipinski definition) is 0. The molecule has 0 amide bonds. The molecule has 7 heteroatoms. The van der Waals surface area contributed by atoms with Crippen molar-refractivity contribution in [2.45, 2.75) is 10.4 Å². The molecule has 0 atom stereocenters. The standard InChI is InChI=1S/C34H35As2P.3CO.Mo/c1-6-16-30(17-7-1)35(31-18-8-2-9-19-31)26-28-37(34-24-14-5-15-25-34)29-27-36(32-20-10-3-11-21-32)33-22-12-4-13-23-33;3*1-2;/h1-25,35-36H,26-29H2;;;;/q;;;;+3/p+1. The molecule has 0 aliphatic heterocycles. The predicted octanol–water partition coefficient (Wildman–Crippen LogP) is 4.49. The van der Waals surface area contributed by atoms with Gasteiger partial charge in [-0.15, -0.1) is 0 Å². The predicted molar refractivity (Wildman–Crippen MR) is 184 cm³/mol. The second-order valence-corrected chi connectivity index (χ2v) is 23.1. The van der Waals surface area contributed by atoms with Gasteiger partial charge in [0.15, 0.2) is 0 Å². The summed E-state index contributed by atoms with van der Waals surface area (Å²) < 4.78 is 28.9. The van der Waals surface area contributed by atoms with Crippen LogP contribution in [0.15, 0.2) is 152 Å². The average molecular weight is 805 g/mol. The first kappa shape index (κ1) is 39.6. The van der Waals surface area contributed by atoms with Gasteiger partial charge in [-0.1, -0.05) is 0 Å². The maximum atomic E-state index is 7.50. The number of benzene rings is 5. The molecule has 5 rings (SSSR count). The quantitative estimate of drug-likeness (QED) is 0.0819. The van der Waals surface area contributed by atoms with Crippen molar-refractivity contribution in [3.63, 3.8) is 0 Å². The molecular weight excluding hydrogens is 769 g/mol. The van der Waals surface area contributed by atoms with Crippen LogP contribution in [0.4, 0.5) is 0 Å². The van der Waals surface area contributed by atoms with Crippen LogP contribution in [0.3, 0.4) is 0 Å². The Bertz CT molecular complexity index is 1290. The van der Waals surface area contributed by atoms with Gasteiger partial charge in [0.25, 0.3) is 0 Å². The van der Waals surface area contributed by atoms with E-state index in [2.05, 4.69) is 172 Å². The van der Waals surface area contributed by atoms with Gasteiger partial charge in [-0.25, -0.2) is 0 Å². The zero-order chi connectivity index (χ0) is 31.1. The fraction of sp³-hybridized carbons (Fsp3) is 0.108. The summed E-state index contributed by atoms with van der Waals surface area (Å²) in [5.74, 6) is 0. The van der Waals surface area contributed by atoms with Crippen molar-refractivity contribution in [3.05, 3.63) is 172 Å². The zero-order valence-corrected chi connectivity index (χ0v) is 31.6. The third-order valence-corrected chi connectivity index (χ3v) is 23.8. The zero-order valence-electron chi connectivity index (χ0n) is 24.4. The molecule has 5 aromatic carbocycles. The van der Waals surface area contributed by atoms with Crippen molar-refractivity contribution in [2.75, 3.05) is 12.3 Å². The first-order chi connectivity index (χ1) is 21.4. The molecule has 5 aromatic rings. The van der Waals surface area contributed by atoms with Crippen molar-refractivity contribution in [2.24, 2.45) is 0 Å². The van der Waals surface area contributed by atoms with Gasteiger partial charge in [-0.05, 0) is 0 Å². The molecule has 219 valence electrons. The van der Waals surface area contributed by atoms with Gasteiger partial charge in [0, 0.05) is 0 Å². The molecule has 0 aliphatic carbocycles. The summed E-state index contributed by atoms with van der Waals surface area (Å²) in [6.07, 6.45) is 2.73. The molecule has 0 aliphatic rings. The van der Waals surface area contributed by atoms with Gasteiger partial charge in [0.2, 0.25) is 0 Å². The van der Waals surface area contributed by atoms with Crippen molar-refractivity contribution in [1.29, 1.82) is 0 Å². The van der Waals surface area contributed by atoms with Crippen molar-refractivity contribution < 1.29 is 35.0 Å². The van der Waals surface area contributed by atoms with Crippen molar-refractivity contribution in [1.82, 2.24) is 0 Å². The average Bonchev–Trinajstić information content (AvgIpc) is 3.12. The fourth-order valence-electron chi connectivity index (χ4n) is 5.11. The molecule has 0 saturated heterocycles. The van der Waals surface area contributed by atoms with E-state index < -0.39 is 37.2 Å². The Balaban J connectivity index is 0.00000130. The Labute approximate surface area is 287 Å². The van der Waals surface area contributed by atoms with Crippen LogP contribution in [-0.2, 0) is 35.0 Å². The van der Waals surface area contributed by atoms with E-state index in [4.69, 9.17) is 14.0 Å². The summed E-state index contributed by atoms with van der Waals surface area (Å²) in [6.45, 7) is 13.5. The molecule has 3 radical (unpaired) electrons. The first-order valence-electron chi connectivity index (χ1n) is 13.8.